The summed E-state index contributed by atoms with van der Waals surface area (Å²) in [6, 6.07) is 10.4. The van der Waals surface area contributed by atoms with Crippen molar-refractivity contribution < 1.29 is 23.8 Å². The third-order valence-corrected chi connectivity index (χ3v) is 5.26. The fourth-order valence-electron chi connectivity index (χ4n) is 3.54. The molecule has 1 aliphatic rings. The Balaban J connectivity index is 1.72. The average molecular weight is 442 g/mol. The van der Waals surface area contributed by atoms with Crippen molar-refractivity contribution in [3.63, 3.8) is 0 Å². The van der Waals surface area contributed by atoms with E-state index in [9.17, 15) is 9.59 Å². The van der Waals surface area contributed by atoms with Crippen molar-refractivity contribution in [3.8, 4) is 5.75 Å². The Kier molecular flexibility index (Phi) is 5.90. The number of carbonyl (C=O) groups excluding carboxylic acids is 1. The fourth-order valence-corrected chi connectivity index (χ4v) is 3.81. The quantitative estimate of drug-likeness (QED) is 0.544. The Bertz CT molecular complexity index is 1160. The van der Waals surface area contributed by atoms with Crippen molar-refractivity contribution in [1.29, 1.82) is 0 Å². The number of ether oxygens (including phenoxy) is 1. The number of furan rings is 1. The average Bonchev–Trinajstić information content (AvgIpc) is 3.42. The van der Waals surface area contributed by atoms with E-state index >= 15 is 0 Å². The summed E-state index contributed by atoms with van der Waals surface area (Å²) in [6.45, 7) is 2.44. The molecule has 0 aliphatic carbocycles. The first-order valence-corrected chi connectivity index (χ1v) is 10.2. The number of aliphatic carboxylic acids is 1. The molecule has 1 N–H and O–H groups in total. The van der Waals surface area contributed by atoms with Gasteiger partial charge in [0.2, 0.25) is 5.91 Å². The van der Waals surface area contributed by atoms with Crippen LogP contribution in [0.4, 0.5) is 0 Å². The smallest absolute Gasteiger partial charge is 0.303 e. The van der Waals surface area contributed by atoms with Crippen molar-refractivity contribution in [2.45, 2.75) is 32.2 Å². The summed E-state index contributed by atoms with van der Waals surface area (Å²) in [5.74, 6) is -0.207. The van der Waals surface area contributed by atoms with Gasteiger partial charge in [-0.1, -0.05) is 11.6 Å². The minimum Gasteiger partial charge on any atom is -0.494 e. The zero-order valence-electron chi connectivity index (χ0n) is 16.7. The Morgan fingerprint density at radius 2 is 2.13 bits per heavy atom. The van der Waals surface area contributed by atoms with Gasteiger partial charge in [0.25, 0.3) is 0 Å². The van der Waals surface area contributed by atoms with Gasteiger partial charge >= 0.3 is 5.97 Å². The molecule has 31 heavy (non-hydrogen) atoms. The van der Waals surface area contributed by atoms with E-state index in [1.165, 1.54) is 11.3 Å². The summed E-state index contributed by atoms with van der Waals surface area (Å²) in [7, 11) is 0. The molecule has 0 radical (unpaired) electrons. The molecule has 8 nitrogen and oxygen atoms in total. The zero-order valence-corrected chi connectivity index (χ0v) is 17.5. The predicted octanol–water partition coefficient (Wildman–Crippen LogP) is 4.42. The molecule has 0 spiro atoms. The van der Waals surface area contributed by atoms with Crippen molar-refractivity contribution in [1.82, 2.24) is 9.99 Å². The van der Waals surface area contributed by atoms with Crippen LogP contribution in [-0.2, 0) is 9.59 Å². The van der Waals surface area contributed by atoms with Crippen LogP contribution in [0.2, 0.25) is 5.15 Å². The number of fused-ring (bicyclic) bond motifs is 1. The Morgan fingerprint density at radius 1 is 1.29 bits per heavy atom. The number of carboxylic acid groups (broad SMARTS) is 1. The lowest BCUT2D eigenvalue weighted by Crippen LogP contribution is -2.27. The van der Waals surface area contributed by atoms with Gasteiger partial charge in [-0.15, -0.1) is 0 Å². The number of amides is 1. The summed E-state index contributed by atoms with van der Waals surface area (Å²) in [5, 5.41) is 15.8. The number of halogens is 1. The van der Waals surface area contributed by atoms with Crippen molar-refractivity contribution in [2.75, 3.05) is 6.61 Å². The molecular weight excluding hydrogens is 422 g/mol. The lowest BCUT2D eigenvalue weighted by molar-refractivity contribution is -0.141. The first kappa shape index (κ1) is 20.9. The third-order valence-electron chi connectivity index (χ3n) is 4.96. The number of carbonyl (C=O) groups is 2. The third kappa shape index (κ3) is 4.39. The monoisotopic (exact) mass is 441 g/mol. The molecule has 3 heterocycles. The highest BCUT2D eigenvalue weighted by atomic mass is 35.5. The van der Waals surface area contributed by atoms with Crippen LogP contribution in [0, 0.1) is 0 Å². The first-order valence-electron chi connectivity index (χ1n) is 9.84. The van der Waals surface area contributed by atoms with Crippen LogP contribution in [0.3, 0.4) is 0 Å². The maximum atomic E-state index is 12.8. The van der Waals surface area contributed by atoms with Gasteiger partial charge in [-0.3, -0.25) is 9.59 Å². The topological polar surface area (TPSA) is 105 Å². The maximum Gasteiger partial charge on any atom is 0.303 e. The highest BCUT2D eigenvalue weighted by Gasteiger charge is 2.35. The molecular formula is C22H20ClN3O5. The Morgan fingerprint density at radius 3 is 2.84 bits per heavy atom. The van der Waals surface area contributed by atoms with E-state index in [1.54, 1.807) is 12.1 Å². The molecule has 0 fully saturated rings. The van der Waals surface area contributed by atoms with Crippen LogP contribution in [-0.4, -0.2) is 39.3 Å². The molecule has 1 atom stereocenters. The van der Waals surface area contributed by atoms with E-state index in [-0.39, 0.29) is 18.0 Å². The molecule has 9 heteroatoms. The van der Waals surface area contributed by atoms with Crippen LogP contribution in [0.5, 0.6) is 5.75 Å². The predicted molar refractivity (Wildman–Crippen MR) is 114 cm³/mol. The standard InChI is InChI=1S/C22H20ClN3O5/c1-2-30-14-5-6-16-13(10-14)11-15(22(23)24-16)18-12-17(19-4-3-9-31-19)25-26(18)20(27)7-8-21(28)29/h3-6,9-11,18H,2,7-8,12H2,1H3,(H,28,29). The van der Waals surface area contributed by atoms with Crippen LogP contribution >= 0.6 is 11.6 Å². The molecule has 160 valence electrons. The van der Waals surface area contributed by atoms with Gasteiger partial charge in [-0.25, -0.2) is 9.99 Å². The molecule has 1 aromatic carbocycles. The number of nitrogens with zero attached hydrogens (tertiary/aromatic N) is 3. The molecule has 1 unspecified atom stereocenters. The van der Waals surface area contributed by atoms with Gasteiger partial charge in [0.1, 0.15) is 22.4 Å². The molecule has 1 amide bonds. The van der Waals surface area contributed by atoms with Crippen molar-refractivity contribution >= 4 is 40.1 Å². The number of hydrogen-bond donors (Lipinski definition) is 1. The van der Waals surface area contributed by atoms with E-state index in [1.807, 2.05) is 31.2 Å². The van der Waals surface area contributed by atoms with Gasteiger partial charge in [0, 0.05) is 23.8 Å². The SMILES string of the molecule is CCOc1ccc2nc(Cl)c(C3CC(c4ccco4)=NN3C(=O)CCC(=O)O)cc2c1. The number of carboxylic acids is 1. The fraction of sp³-hybridized carbons (Fsp3) is 0.273. The number of benzene rings is 1. The maximum absolute atomic E-state index is 12.8. The second-order valence-electron chi connectivity index (χ2n) is 7.03. The summed E-state index contributed by atoms with van der Waals surface area (Å²) in [4.78, 5) is 28.2. The number of hydrogen-bond acceptors (Lipinski definition) is 6. The second kappa shape index (κ2) is 8.77. The van der Waals surface area contributed by atoms with Crippen molar-refractivity contribution in [2.24, 2.45) is 5.10 Å². The number of aromatic nitrogens is 1. The summed E-state index contributed by atoms with van der Waals surface area (Å²) in [6.07, 6.45) is 1.44. The number of rotatable bonds is 7. The van der Waals surface area contributed by atoms with Gasteiger partial charge < -0.3 is 14.3 Å². The van der Waals surface area contributed by atoms with Gasteiger partial charge in [0.15, 0.2) is 0 Å². The normalized spacial score (nSPS) is 15.9. The molecule has 4 rings (SSSR count). The van der Waals surface area contributed by atoms with Crippen LogP contribution in [0.1, 0.15) is 43.6 Å². The van der Waals surface area contributed by atoms with Gasteiger partial charge in [-0.05, 0) is 43.3 Å². The van der Waals surface area contributed by atoms with E-state index in [2.05, 4.69) is 10.1 Å². The van der Waals surface area contributed by atoms with Crippen LogP contribution in [0.25, 0.3) is 10.9 Å². The highest BCUT2D eigenvalue weighted by molar-refractivity contribution is 6.30. The van der Waals surface area contributed by atoms with E-state index in [0.717, 1.165) is 5.39 Å². The molecule has 0 bridgehead atoms. The van der Waals surface area contributed by atoms with Gasteiger partial charge in [-0.2, -0.15) is 5.10 Å². The summed E-state index contributed by atoms with van der Waals surface area (Å²) >= 11 is 6.51. The molecule has 2 aromatic heterocycles. The molecule has 3 aromatic rings. The lowest BCUT2D eigenvalue weighted by atomic mass is 10.0. The Hall–Kier alpha value is -3.39. The van der Waals surface area contributed by atoms with E-state index in [4.69, 9.17) is 25.9 Å². The molecule has 0 saturated carbocycles. The van der Waals surface area contributed by atoms with Crippen molar-refractivity contribution in [3.05, 3.63) is 59.1 Å². The number of hydrazone groups is 1. The highest BCUT2D eigenvalue weighted by Crippen LogP contribution is 2.38. The molecule has 0 saturated heterocycles. The van der Waals surface area contributed by atoms with Gasteiger partial charge in [0.05, 0.1) is 30.8 Å². The first-order chi connectivity index (χ1) is 15.0. The van der Waals surface area contributed by atoms with Crippen LogP contribution in [0.15, 0.2) is 52.2 Å². The second-order valence-corrected chi connectivity index (χ2v) is 7.39. The van der Waals surface area contributed by atoms with Crippen LogP contribution < -0.4 is 4.74 Å². The van der Waals surface area contributed by atoms with E-state index < -0.39 is 17.9 Å². The minimum absolute atomic E-state index is 0.173. The largest absolute Gasteiger partial charge is 0.494 e. The summed E-state index contributed by atoms with van der Waals surface area (Å²) < 4.78 is 11.0. The van der Waals surface area contributed by atoms with E-state index in [0.29, 0.717) is 41.3 Å². The lowest BCUT2D eigenvalue weighted by Gasteiger charge is -2.23. The number of pyridine rings is 1. The summed E-state index contributed by atoms with van der Waals surface area (Å²) in [5.41, 5.74) is 1.90. The Labute approximate surface area is 183 Å². The minimum atomic E-state index is -1.05. The molecule has 1 aliphatic heterocycles. The zero-order chi connectivity index (χ0) is 22.0.